The molecule has 1 aliphatic heterocycles. The lowest BCUT2D eigenvalue weighted by Gasteiger charge is -2.37. The van der Waals surface area contributed by atoms with Gasteiger partial charge in [0, 0.05) is 0 Å². The summed E-state index contributed by atoms with van der Waals surface area (Å²) >= 11 is 0. The maximum Gasteiger partial charge on any atom is 0.243 e. The summed E-state index contributed by atoms with van der Waals surface area (Å²) in [6, 6.07) is 33.1. The Hall–Kier alpha value is -4.62. The van der Waals surface area contributed by atoms with Gasteiger partial charge in [0.05, 0.1) is 0 Å². The molecule has 0 nitrogen and oxygen atoms in total. The summed E-state index contributed by atoms with van der Waals surface area (Å²) in [6.07, 6.45) is 0.957. The van der Waals surface area contributed by atoms with Crippen LogP contribution in [0.3, 0.4) is 0 Å². The first-order valence-electron chi connectivity index (χ1n) is 17.6. The van der Waals surface area contributed by atoms with E-state index in [-0.39, 0.29) is 6.71 Å². The van der Waals surface area contributed by atoms with E-state index in [0.717, 1.165) is 6.42 Å². The molecule has 238 valence electrons. The molecule has 0 aliphatic carbocycles. The van der Waals surface area contributed by atoms with Crippen LogP contribution in [0.4, 0.5) is 0 Å². The largest absolute Gasteiger partial charge is 0.243 e. The van der Waals surface area contributed by atoms with Gasteiger partial charge in [-0.05, 0) is 154 Å². The molecule has 0 aromatic heterocycles. The van der Waals surface area contributed by atoms with Crippen LogP contribution in [0.2, 0.25) is 0 Å². The zero-order valence-corrected chi connectivity index (χ0v) is 30.4. The first kappa shape index (κ1) is 32.0. The smallest absolute Gasteiger partial charge is 0.0623 e. The molecule has 6 aromatic carbocycles. The molecule has 1 heteroatoms. The number of rotatable bonds is 4. The highest BCUT2D eigenvalue weighted by molar-refractivity contribution is 6.97. The molecule has 0 atom stereocenters. The van der Waals surface area contributed by atoms with Crippen molar-refractivity contribution in [2.24, 2.45) is 0 Å². The summed E-state index contributed by atoms with van der Waals surface area (Å²) in [6.45, 7) is 23.9. The molecular weight excluding hydrogens is 575 g/mol. The van der Waals surface area contributed by atoms with Crippen LogP contribution in [0.1, 0.15) is 66.8 Å². The fourth-order valence-corrected chi connectivity index (χ4v) is 9.23. The standard InChI is InChI=1S/C47H47B/c1-27-31(5)45(32(6)28(2)42(27)37-20-14-11-15-21-37)48-46-33(7)29(3)43(38-22-16-12-17-23-38)35(9)40(46)26-41-36(10)44(30(4)34(8)47(41)48)39-24-18-13-19-25-39/h11-25H,26H2,1-10H3. The molecule has 0 bridgehead atoms. The van der Waals surface area contributed by atoms with E-state index >= 15 is 0 Å². The molecule has 6 aromatic rings. The fourth-order valence-electron chi connectivity index (χ4n) is 9.23. The van der Waals surface area contributed by atoms with Gasteiger partial charge in [0.1, 0.15) is 0 Å². The molecule has 0 unspecified atom stereocenters. The lowest BCUT2D eigenvalue weighted by Crippen LogP contribution is -2.61. The number of benzene rings is 6. The first-order valence-corrected chi connectivity index (χ1v) is 17.6. The van der Waals surface area contributed by atoms with E-state index in [1.165, 1.54) is 117 Å². The molecule has 0 saturated heterocycles. The summed E-state index contributed by atoms with van der Waals surface area (Å²) < 4.78 is 0. The maximum absolute atomic E-state index is 2.40. The monoisotopic (exact) mass is 622 g/mol. The van der Waals surface area contributed by atoms with Crippen molar-refractivity contribution in [1.82, 2.24) is 0 Å². The van der Waals surface area contributed by atoms with Crippen molar-refractivity contribution in [1.29, 1.82) is 0 Å². The zero-order chi connectivity index (χ0) is 34.0. The molecule has 1 heterocycles. The predicted molar refractivity (Wildman–Crippen MR) is 210 cm³/mol. The number of hydrogen-bond acceptors (Lipinski definition) is 0. The normalized spacial score (nSPS) is 12.2. The summed E-state index contributed by atoms with van der Waals surface area (Å²) in [5.41, 5.74) is 29.9. The van der Waals surface area contributed by atoms with E-state index in [1.807, 2.05) is 0 Å². The summed E-state index contributed by atoms with van der Waals surface area (Å²) in [4.78, 5) is 0. The molecule has 0 radical (unpaired) electrons. The van der Waals surface area contributed by atoms with Gasteiger partial charge in [-0.3, -0.25) is 0 Å². The van der Waals surface area contributed by atoms with Gasteiger partial charge in [-0.1, -0.05) is 130 Å². The number of fused-ring (bicyclic) bond motifs is 2. The quantitative estimate of drug-likeness (QED) is 0.171. The first-order chi connectivity index (χ1) is 23.0. The second-order valence-corrected chi connectivity index (χ2v) is 14.3. The summed E-state index contributed by atoms with van der Waals surface area (Å²) in [5, 5.41) is 0. The van der Waals surface area contributed by atoms with E-state index < -0.39 is 0 Å². The molecular formula is C47H47B. The fraction of sp³-hybridized carbons (Fsp3) is 0.234. The molecule has 1 aliphatic rings. The van der Waals surface area contributed by atoms with Crippen molar-refractivity contribution in [3.63, 3.8) is 0 Å². The van der Waals surface area contributed by atoms with Crippen LogP contribution >= 0.6 is 0 Å². The van der Waals surface area contributed by atoms with Crippen LogP contribution in [-0.2, 0) is 6.42 Å². The molecule has 0 N–H and O–H groups in total. The van der Waals surface area contributed by atoms with Gasteiger partial charge in [-0.15, -0.1) is 0 Å². The molecule has 0 spiro atoms. The molecule has 0 saturated carbocycles. The van der Waals surface area contributed by atoms with E-state index in [2.05, 4.69) is 160 Å². The Bertz CT molecular complexity index is 2050. The predicted octanol–water partition coefficient (Wildman–Crippen LogP) is 10.2. The van der Waals surface area contributed by atoms with Gasteiger partial charge in [0.25, 0.3) is 0 Å². The van der Waals surface area contributed by atoms with Gasteiger partial charge in [0.15, 0.2) is 0 Å². The third-order valence-electron chi connectivity index (χ3n) is 12.1. The van der Waals surface area contributed by atoms with Gasteiger partial charge in [0.2, 0.25) is 6.71 Å². The Labute approximate surface area is 289 Å². The highest BCUT2D eigenvalue weighted by Crippen LogP contribution is 2.39. The van der Waals surface area contributed by atoms with Gasteiger partial charge < -0.3 is 0 Å². The second-order valence-electron chi connectivity index (χ2n) is 14.3. The Kier molecular flexibility index (Phi) is 8.07. The minimum Gasteiger partial charge on any atom is -0.0623 e. The third kappa shape index (κ3) is 4.74. The van der Waals surface area contributed by atoms with Crippen molar-refractivity contribution in [3.05, 3.63) is 158 Å². The van der Waals surface area contributed by atoms with E-state index in [4.69, 9.17) is 0 Å². The van der Waals surface area contributed by atoms with Crippen LogP contribution in [-0.4, -0.2) is 6.71 Å². The summed E-state index contributed by atoms with van der Waals surface area (Å²) in [7, 11) is 0. The Morgan fingerprint density at radius 2 is 0.583 bits per heavy atom. The van der Waals surface area contributed by atoms with E-state index in [9.17, 15) is 0 Å². The zero-order valence-electron chi connectivity index (χ0n) is 30.4. The van der Waals surface area contributed by atoms with Crippen LogP contribution in [0.15, 0.2) is 91.0 Å². The SMILES string of the molecule is Cc1c(C)c(-c2ccccc2)c(C)c(C)c1B1c2c(C)c(C)c(-c3ccccc3)c(C)c2Cc2c(C)c(-c3ccccc3)c(C)c(C)c21. The van der Waals surface area contributed by atoms with Crippen molar-refractivity contribution in [2.45, 2.75) is 75.7 Å². The minimum atomic E-state index is 0.162. The van der Waals surface area contributed by atoms with Crippen molar-refractivity contribution in [2.75, 3.05) is 0 Å². The van der Waals surface area contributed by atoms with E-state index in [0.29, 0.717) is 0 Å². The van der Waals surface area contributed by atoms with Gasteiger partial charge >= 0.3 is 0 Å². The van der Waals surface area contributed by atoms with Crippen LogP contribution in [0.5, 0.6) is 0 Å². The topological polar surface area (TPSA) is 0 Å². The Morgan fingerprint density at radius 3 is 0.896 bits per heavy atom. The average Bonchev–Trinajstić information content (AvgIpc) is 3.10. The third-order valence-corrected chi connectivity index (χ3v) is 12.1. The number of hydrogen-bond donors (Lipinski definition) is 0. The highest BCUT2D eigenvalue weighted by atomic mass is 14.3. The van der Waals surface area contributed by atoms with Crippen molar-refractivity contribution >= 4 is 23.1 Å². The molecule has 48 heavy (non-hydrogen) atoms. The maximum atomic E-state index is 2.40. The molecule has 7 rings (SSSR count). The van der Waals surface area contributed by atoms with Crippen molar-refractivity contribution < 1.29 is 0 Å². The van der Waals surface area contributed by atoms with Gasteiger partial charge in [-0.25, -0.2) is 0 Å². The van der Waals surface area contributed by atoms with Crippen LogP contribution in [0, 0.1) is 69.2 Å². The Morgan fingerprint density at radius 1 is 0.312 bits per heavy atom. The average molecular weight is 623 g/mol. The second kappa shape index (κ2) is 12.1. The highest BCUT2D eigenvalue weighted by Gasteiger charge is 2.39. The van der Waals surface area contributed by atoms with Gasteiger partial charge in [-0.2, -0.15) is 0 Å². The molecule has 0 fully saturated rings. The van der Waals surface area contributed by atoms with E-state index in [1.54, 1.807) is 0 Å². The van der Waals surface area contributed by atoms with Crippen molar-refractivity contribution in [3.8, 4) is 33.4 Å². The lowest BCUT2D eigenvalue weighted by atomic mass is 9.30. The molecule has 0 amide bonds. The van der Waals surface area contributed by atoms with Crippen LogP contribution < -0.4 is 16.4 Å². The Balaban J connectivity index is 1.62. The lowest BCUT2D eigenvalue weighted by molar-refractivity contribution is 1.11. The minimum absolute atomic E-state index is 0.162. The summed E-state index contributed by atoms with van der Waals surface area (Å²) in [5.74, 6) is 0. The van der Waals surface area contributed by atoms with Crippen LogP contribution in [0.25, 0.3) is 33.4 Å².